The van der Waals surface area contributed by atoms with E-state index in [-0.39, 0.29) is 6.10 Å². The maximum Gasteiger partial charge on any atom is 0.0546 e. The van der Waals surface area contributed by atoms with Crippen molar-refractivity contribution in [2.45, 2.75) is 50.5 Å². The summed E-state index contributed by atoms with van der Waals surface area (Å²) in [6.45, 7) is 0.756. The van der Waals surface area contributed by atoms with E-state index in [9.17, 15) is 5.11 Å². The van der Waals surface area contributed by atoms with Gasteiger partial charge >= 0.3 is 0 Å². The lowest BCUT2D eigenvalue weighted by molar-refractivity contribution is 0.119. The van der Waals surface area contributed by atoms with Crippen molar-refractivity contribution in [3.63, 3.8) is 0 Å². The highest BCUT2D eigenvalue weighted by Crippen LogP contribution is 2.33. The van der Waals surface area contributed by atoms with Crippen LogP contribution in [0.25, 0.3) is 0 Å². The van der Waals surface area contributed by atoms with E-state index in [4.69, 9.17) is 5.73 Å². The van der Waals surface area contributed by atoms with E-state index in [2.05, 4.69) is 24.3 Å². The summed E-state index contributed by atoms with van der Waals surface area (Å²) in [4.78, 5) is 0. The smallest absolute Gasteiger partial charge is 0.0546 e. The largest absolute Gasteiger partial charge is 0.393 e. The van der Waals surface area contributed by atoms with Gasteiger partial charge in [0.05, 0.1) is 6.10 Å². The molecular weight excluding hydrogens is 210 g/mol. The number of hydrogen-bond acceptors (Lipinski definition) is 2. The lowest BCUT2D eigenvalue weighted by atomic mass is 9.82. The quantitative estimate of drug-likeness (QED) is 0.839. The van der Waals surface area contributed by atoms with Gasteiger partial charge in [-0.3, -0.25) is 0 Å². The van der Waals surface area contributed by atoms with Crippen molar-refractivity contribution < 1.29 is 5.11 Å². The average Bonchev–Trinajstić information content (AvgIpc) is 2.37. The van der Waals surface area contributed by atoms with Crippen molar-refractivity contribution in [2.75, 3.05) is 6.54 Å². The summed E-state index contributed by atoms with van der Waals surface area (Å²) >= 11 is 0. The van der Waals surface area contributed by atoms with Crippen LogP contribution in [0.5, 0.6) is 0 Å². The molecule has 17 heavy (non-hydrogen) atoms. The first kappa shape index (κ1) is 12.6. The standard InChI is InChI=1S/C15H23NO/c16-9-3-5-12-4-1-6-13(10-12)14-7-2-8-15(17)11-14/h1,4,6,10,14-15,17H,2-3,5,7-9,11,16H2. The average molecular weight is 233 g/mol. The fourth-order valence-corrected chi connectivity index (χ4v) is 2.78. The third-order valence-corrected chi connectivity index (χ3v) is 3.74. The normalized spacial score (nSPS) is 24.8. The molecule has 0 radical (unpaired) electrons. The molecule has 1 aromatic rings. The zero-order valence-corrected chi connectivity index (χ0v) is 10.4. The molecule has 94 valence electrons. The first-order valence-electron chi connectivity index (χ1n) is 6.76. The third-order valence-electron chi connectivity index (χ3n) is 3.74. The second kappa shape index (κ2) is 6.18. The monoisotopic (exact) mass is 233 g/mol. The van der Waals surface area contributed by atoms with Gasteiger partial charge in [-0.25, -0.2) is 0 Å². The van der Waals surface area contributed by atoms with E-state index in [0.29, 0.717) is 5.92 Å². The van der Waals surface area contributed by atoms with Crippen LogP contribution in [0.3, 0.4) is 0 Å². The molecule has 1 aliphatic rings. The molecule has 1 aromatic carbocycles. The minimum absolute atomic E-state index is 0.0959. The lowest BCUT2D eigenvalue weighted by Gasteiger charge is -2.26. The van der Waals surface area contributed by atoms with Crippen molar-refractivity contribution in [1.29, 1.82) is 0 Å². The van der Waals surface area contributed by atoms with Gasteiger partial charge in [-0.05, 0) is 55.7 Å². The molecule has 0 saturated heterocycles. The fraction of sp³-hybridized carbons (Fsp3) is 0.600. The minimum Gasteiger partial charge on any atom is -0.393 e. The summed E-state index contributed by atoms with van der Waals surface area (Å²) in [6.07, 6.45) is 6.30. The van der Waals surface area contributed by atoms with E-state index < -0.39 is 0 Å². The fourth-order valence-electron chi connectivity index (χ4n) is 2.78. The molecule has 0 heterocycles. The first-order chi connectivity index (χ1) is 8.29. The van der Waals surface area contributed by atoms with Crippen molar-refractivity contribution in [2.24, 2.45) is 5.73 Å². The van der Waals surface area contributed by atoms with Gasteiger partial charge in [-0.15, -0.1) is 0 Å². The number of aliphatic hydroxyl groups excluding tert-OH is 1. The summed E-state index contributed by atoms with van der Waals surface area (Å²) < 4.78 is 0. The van der Waals surface area contributed by atoms with E-state index in [0.717, 1.165) is 38.6 Å². The van der Waals surface area contributed by atoms with Gasteiger partial charge in [-0.1, -0.05) is 30.7 Å². The number of nitrogens with two attached hydrogens (primary N) is 1. The van der Waals surface area contributed by atoms with Gasteiger partial charge in [-0.2, -0.15) is 0 Å². The Hall–Kier alpha value is -0.860. The van der Waals surface area contributed by atoms with Gasteiger partial charge in [0.2, 0.25) is 0 Å². The molecule has 2 unspecified atom stereocenters. The Kier molecular flexibility index (Phi) is 4.57. The maximum absolute atomic E-state index is 9.74. The molecule has 0 spiro atoms. The molecule has 2 heteroatoms. The van der Waals surface area contributed by atoms with Crippen molar-refractivity contribution in [3.8, 4) is 0 Å². The van der Waals surface area contributed by atoms with Crippen LogP contribution in [0, 0.1) is 0 Å². The zero-order valence-electron chi connectivity index (χ0n) is 10.4. The number of aliphatic hydroxyl groups is 1. The van der Waals surface area contributed by atoms with E-state index in [1.807, 2.05) is 0 Å². The molecule has 2 rings (SSSR count). The van der Waals surface area contributed by atoms with Gasteiger partial charge < -0.3 is 10.8 Å². The predicted molar refractivity (Wildman–Crippen MR) is 71.0 cm³/mol. The van der Waals surface area contributed by atoms with E-state index >= 15 is 0 Å². The summed E-state index contributed by atoms with van der Waals surface area (Å²) in [5.74, 6) is 0.552. The van der Waals surface area contributed by atoms with Gasteiger partial charge in [0.1, 0.15) is 0 Å². The Bertz CT molecular complexity index is 351. The predicted octanol–water partition coefficient (Wildman–Crippen LogP) is 2.60. The molecule has 0 amide bonds. The Morgan fingerprint density at radius 2 is 2.18 bits per heavy atom. The summed E-state index contributed by atoms with van der Waals surface area (Å²) in [6, 6.07) is 8.83. The summed E-state index contributed by atoms with van der Waals surface area (Å²) in [5, 5.41) is 9.74. The topological polar surface area (TPSA) is 46.2 Å². The molecule has 2 atom stereocenters. The molecule has 3 N–H and O–H groups in total. The highest BCUT2D eigenvalue weighted by atomic mass is 16.3. The Morgan fingerprint density at radius 3 is 2.94 bits per heavy atom. The molecule has 0 bridgehead atoms. The number of aryl methyl sites for hydroxylation is 1. The van der Waals surface area contributed by atoms with Gasteiger partial charge in [0.15, 0.2) is 0 Å². The first-order valence-corrected chi connectivity index (χ1v) is 6.76. The van der Waals surface area contributed by atoms with Gasteiger partial charge in [0, 0.05) is 0 Å². The maximum atomic E-state index is 9.74. The zero-order chi connectivity index (χ0) is 12.1. The number of benzene rings is 1. The van der Waals surface area contributed by atoms with Gasteiger partial charge in [0.25, 0.3) is 0 Å². The molecule has 1 saturated carbocycles. The third kappa shape index (κ3) is 3.55. The van der Waals surface area contributed by atoms with Crippen LogP contribution in [0.15, 0.2) is 24.3 Å². The van der Waals surface area contributed by atoms with Crippen LogP contribution < -0.4 is 5.73 Å². The highest BCUT2D eigenvalue weighted by molar-refractivity contribution is 5.27. The minimum atomic E-state index is -0.0959. The van der Waals surface area contributed by atoms with Crippen molar-refractivity contribution >= 4 is 0 Å². The van der Waals surface area contributed by atoms with Crippen LogP contribution in [0.2, 0.25) is 0 Å². The molecule has 1 aliphatic carbocycles. The molecule has 0 aromatic heterocycles. The lowest BCUT2D eigenvalue weighted by Crippen LogP contribution is -2.18. The number of hydrogen-bond donors (Lipinski definition) is 2. The highest BCUT2D eigenvalue weighted by Gasteiger charge is 2.21. The Labute approximate surface area is 104 Å². The van der Waals surface area contributed by atoms with Crippen LogP contribution in [0.1, 0.15) is 49.1 Å². The second-order valence-electron chi connectivity index (χ2n) is 5.15. The summed E-state index contributed by atoms with van der Waals surface area (Å²) in [7, 11) is 0. The second-order valence-corrected chi connectivity index (χ2v) is 5.15. The van der Waals surface area contributed by atoms with E-state index in [1.54, 1.807) is 0 Å². The molecule has 2 nitrogen and oxygen atoms in total. The molecule has 1 fully saturated rings. The number of rotatable bonds is 4. The Balaban J connectivity index is 2.04. The van der Waals surface area contributed by atoms with Crippen LogP contribution in [0.4, 0.5) is 0 Å². The van der Waals surface area contributed by atoms with Crippen LogP contribution in [-0.2, 0) is 6.42 Å². The van der Waals surface area contributed by atoms with Crippen LogP contribution >= 0.6 is 0 Å². The van der Waals surface area contributed by atoms with Crippen LogP contribution in [-0.4, -0.2) is 17.8 Å². The summed E-state index contributed by atoms with van der Waals surface area (Å²) in [5.41, 5.74) is 8.33. The van der Waals surface area contributed by atoms with Crippen molar-refractivity contribution in [3.05, 3.63) is 35.4 Å². The van der Waals surface area contributed by atoms with Crippen molar-refractivity contribution in [1.82, 2.24) is 0 Å². The SMILES string of the molecule is NCCCc1cccc(C2CCCC(O)C2)c1. The van der Waals surface area contributed by atoms with E-state index in [1.165, 1.54) is 17.5 Å². The Morgan fingerprint density at radius 1 is 1.29 bits per heavy atom. The molecule has 0 aliphatic heterocycles. The molecular formula is C15H23NO.